The molecule has 1 unspecified atom stereocenters. The Morgan fingerprint density at radius 3 is 2.44 bits per heavy atom. The minimum atomic E-state index is -0.517. The van der Waals surface area contributed by atoms with Gasteiger partial charge in [-0.25, -0.2) is 0 Å². The number of nitrogens with two attached hydrogens (primary N) is 2. The molecule has 4 heteroatoms. The molecule has 1 aromatic rings. The molecule has 2 rings (SSSR count). The van der Waals surface area contributed by atoms with Crippen LogP contribution < -0.4 is 11.5 Å². The summed E-state index contributed by atoms with van der Waals surface area (Å²) >= 11 is 4.21. The third-order valence-corrected chi connectivity index (χ3v) is 2.99. The highest BCUT2D eigenvalue weighted by Gasteiger charge is 2.17. The summed E-state index contributed by atoms with van der Waals surface area (Å²) in [6.45, 7) is 7.88. The first-order valence-corrected chi connectivity index (χ1v) is 5.87. The third-order valence-electron chi connectivity index (χ3n) is 2.62. The molecule has 0 aliphatic heterocycles. The van der Waals surface area contributed by atoms with E-state index in [0.29, 0.717) is 16.1 Å². The molecule has 18 heavy (non-hydrogen) atoms. The van der Waals surface area contributed by atoms with Gasteiger partial charge in [0, 0.05) is 10.5 Å². The maximum absolute atomic E-state index is 9.92. The standard InChI is InChI=1S/C12H14N2OS.C2H4/c1-12(14)4-2-7-6-9(16)10(13)11(15)8(7)3-5-12;1-2/h2-6,15-16H,13-14H2,1H3;1-2H2. The van der Waals surface area contributed by atoms with Crippen LogP contribution in [0.1, 0.15) is 18.1 Å². The van der Waals surface area contributed by atoms with Crippen LogP contribution in [0.15, 0.2) is 36.3 Å². The highest BCUT2D eigenvalue weighted by Crippen LogP contribution is 2.37. The van der Waals surface area contributed by atoms with Gasteiger partial charge in [-0.3, -0.25) is 0 Å². The summed E-state index contributed by atoms with van der Waals surface area (Å²) in [4.78, 5) is 0.565. The molecule has 0 radical (unpaired) electrons. The molecule has 1 aliphatic rings. The lowest BCUT2D eigenvalue weighted by molar-refractivity contribution is 0.475. The molecule has 0 fully saturated rings. The lowest BCUT2D eigenvalue weighted by atomic mass is 10.0. The summed E-state index contributed by atoms with van der Waals surface area (Å²) in [5.74, 6) is 0.0566. The minimum absolute atomic E-state index is 0.0566. The summed E-state index contributed by atoms with van der Waals surface area (Å²) in [6.07, 6.45) is 7.35. The number of rotatable bonds is 0. The number of hydrogen-bond acceptors (Lipinski definition) is 4. The van der Waals surface area contributed by atoms with Gasteiger partial charge in [-0.2, -0.15) is 0 Å². The molecule has 3 nitrogen and oxygen atoms in total. The zero-order valence-electron chi connectivity index (χ0n) is 10.4. The molecule has 0 amide bonds. The number of phenols is 1. The first kappa shape index (κ1) is 14.4. The van der Waals surface area contributed by atoms with Crippen LogP contribution in [-0.2, 0) is 0 Å². The average molecular weight is 262 g/mol. The van der Waals surface area contributed by atoms with Gasteiger partial charge in [-0.05, 0) is 18.6 Å². The first-order chi connectivity index (χ1) is 8.41. The molecular formula is C14H18N2OS. The number of benzene rings is 1. The normalized spacial score (nSPS) is 20.6. The Labute approximate surface area is 113 Å². The lowest BCUT2D eigenvalue weighted by Gasteiger charge is -2.12. The van der Waals surface area contributed by atoms with Crippen LogP contribution in [-0.4, -0.2) is 10.6 Å². The van der Waals surface area contributed by atoms with Crippen molar-refractivity contribution in [2.75, 3.05) is 5.73 Å². The predicted molar refractivity (Wildman–Crippen MR) is 81.7 cm³/mol. The van der Waals surface area contributed by atoms with E-state index < -0.39 is 5.54 Å². The van der Waals surface area contributed by atoms with Gasteiger partial charge in [0.05, 0.1) is 11.2 Å². The summed E-state index contributed by atoms with van der Waals surface area (Å²) in [7, 11) is 0. The maximum Gasteiger partial charge on any atom is 0.147 e. The van der Waals surface area contributed by atoms with Gasteiger partial charge in [0.25, 0.3) is 0 Å². The van der Waals surface area contributed by atoms with Crippen LogP contribution in [0.4, 0.5) is 5.69 Å². The van der Waals surface area contributed by atoms with E-state index in [1.807, 2.05) is 31.2 Å². The van der Waals surface area contributed by atoms with Crippen LogP contribution >= 0.6 is 12.6 Å². The van der Waals surface area contributed by atoms with E-state index in [2.05, 4.69) is 25.8 Å². The maximum atomic E-state index is 9.92. The molecule has 1 aliphatic carbocycles. The van der Waals surface area contributed by atoms with Crippen LogP contribution in [0.3, 0.4) is 0 Å². The highest BCUT2D eigenvalue weighted by molar-refractivity contribution is 7.80. The number of nitrogen functional groups attached to an aromatic ring is 1. The van der Waals surface area contributed by atoms with Crippen molar-refractivity contribution in [2.24, 2.45) is 5.73 Å². The zero-order chi connectivity index (χ0) is 13.9. The second-order valence-electron chi connectivity index (χ2n) is 4.19. The fourth-order valence-corrected chi connectivity index (χ4v) is 1.85. The average Bonchev–Trinajstić information content (AvgIpc) is 2.49. The van der Waals surface area contributed by atoms with Crippen molar-refractivity contribution in [3.8, 4) is 5.75 Å². The largest absolute Gasteiger partial charge is 0.505 e. The Bertz CT molecular complexity index is 519. The van der Waals surface area contributed by atoms with Gasteiger partial charge < -0.3 is 16.6 Å². The summed E-state index contributed by atoms with van der Waals surface area (Å²) in [5, 5.41) is 9.92. The Morgan fingerprint density at radius 1 is 1.28 bits per heavy atom. The fourth-order valence-electron chi connectivity index (χ4n) is 1.61. The van der Waals surface area contributed by atoms with Gasteiger partial charge in [0.15, 0.2) is 0 Å². The predicted octanol–water partition coefficient (Wildman–Crippen LogP) is 2.82. The summed E-state index contributed by atoms with van der Waals surface area (Å²) < 4.78 is 0. The molecule has 1 aromatic carbocycles. The van der Waals surface area contributed by atoms with E-state index in [1.165, 1.54) is 0 Å². The van der Waals surface area contributed by atoms with Gasteiger partial charge in [0.1, 0.15) is 5.75 Å². The molecule has 0 aromatic heterocycles. The third kappa shape index (κ3) is 2.78. The van der Waals surface area contributed by atoms with Gasteiger partial charge in [0.2, 0.25) is 0 Å². The van der Waals surface area contributed by atoms with Crippen molar-refractivity contribution >= 4 is 30.5 Å². The Hall–Kier alpha value is -1.65. The zero-order valence-corrected chi connectivity index (χ0v) is 11.2. The number of fused-ring (bicyclic) bond motifs is 1. The molecule has 5 N–H and O–H groups in total. The number of anilines is 1. The molecule has 96 valence electrons. The van der Waals surface area contributed by atoms with Crippen molar-refractivity contribution < 1.29 is 5.11 Å². The number of aromatic hydroxyl groups is 1. The second kappa shape index (κ2) is 5.33. The molecule has 1 atom stereocenters. The van der Waals surface area contributed by atoms with E-state index in [0.717, 1.165) is 5.56 Å². The smallest absolute Gasteiger partial charge is 0.147 e. The SMILES string of the molecule is C=C.CC1(N)C=Cc2cc(S)c(N)c(O)c2C=C1. The van der Waals surface area contributed by atoms with Gasteiger partial charge in [-0.1, -0.05) is 24.3 Å². The van der Waals surface area contributed by atoms with Crippen molar-refractivity contribution in [1.82, 2.24) is 0 Å². The monoisotopic (exact) mass is 262 g/mol. The topological polar surface area (TPSA) is 72.3 Å². The fraction of sp³-hybridized carbons (Fsp3) is 0.143. The highest BCUT2D eigenvalue weighted by atomic mass is 32.1. The van der Waals surface area contributed by atoms with Crippen molar-refractivity contribution in [2.45, 2.75) is 17.4 Å². The first-order valence-electron chi connectivity index (χ1n) is 5.42. The van der Waals surface area contributed by atoms with E-state index >= 15 is 0 Å². The summed E-state index contributed by atoms with van der Waals surface area (Å²) in [6, 6.07) is 1.82. The minimum Gasteiger partial charge on any atom is -0.505 e. The summed E-state index contributed by atoms with van der Waals surface area (Å²) in [5.41, 5.74) is 13.0. The van der Waals surface area contributed by atoms with Gasteiger partial charge in [-0.15, -0.1) is 25.8 Å². The Kier molecular flexibility index (Phi) is 4.27. The molecular weight excluding hydrogens is 244 g/mol. The van der Waals surface area contributed by atoms with Crippen molar-refractivity contribution in [1.29, 1.82) is 0 Å². The quantitative estimate of drug-likeness (QED) is 0.251. The van der Waals surface area contributed by atoms with Crippen molar-refractivity contribution in [3.05, 3.63) is 42.5 Å². The van der Waals surface area contributed by atoms with E-state index in [1.54, 1.807) is 6.08 Å². The van der Waals surface area contributed by atoms with Crippen LogP contribution in [0.2, 0.25) is 0 Å². The van der Waals surface area contributed by atoms with Crippen LogP contribution in [0.25, 0.3) is 12.2 Å². The molecule has 0 saturated heterocycles. The lowest BCUT2D eigenvalue weighted by Crippen LogP contribution is -2.29. The van der Waals surface area contributed by atoms with E-state index in [-0.39, 0.29) is 5.75 Å². The molecule has 0 spiro atoms. The van der Waals surface area contributed by atoms with Crippen molar-refractivity contribution in [3.63, 3.8) is 0 Å². The molecule has 0 bridgehead atoms. The Morgan fingerprint density at radius 2 is 1.83 bits per heavy atom. The van der Waals surface area contributed by atoms with E-state index in [4.69, 9.17) is 11.5 Å². The van der Waals surface area contributed by atoms with Gasteiger partial charge >= 0.3 is 0 Å². The van der Waals surface area contributed by atoms with E-state index in [9.17, 15) is 5.11 Å². The second-order valence-corrected chi connectivity index (χ2v) is 4.68. The van der Waals surface area contributed by atoms with Crippen LogP contribution in [0.5, 0.6) is 5.75 Å². The number of phenolic OH excluding ortho intramolecular Hbond substituents is 1. The molecule has 0 heterocycles. The van der Waals surface area contributed by atoms with Crippen LogP contribution in [0, 0.1) is 0 Å². The Balaban J connectivity index is 0.000000771. The number of thiol groups is 1. The molecule has 0 saturated carbocycles. The number of hydrogen-bond donors (Lipinski definition) is 4.